The van der Waals surface area contributed by atoms with E-state index in [-0.39, 0.29) is 12.1 Å². The molecule has 0 bridgehead atoms. The highest BCUT2D eigenvalue weighted by molar-refractivity contribution is 7.80. The molecule has 0 aromatic carbocycles. The number of aryl methyl sites for hydroxylation is 1. The third kappa shape index (κ3) is 4.18. The molecule has 4 heterocycles. The fourth-order valence-electron chi connectivity index (χ4n) is 5.89. The van der Waals surface area contributed by atoms with Crippen LogP contribution in [0.1, 0.15) is 66.5 Å². The molecule has 5 rings (SSSR count). The van der Waals surface area contributed by atoms with Crippen LogP contribution in [0.2, 0.25) is 0 Å². The maximum Gasteiger partial charge on any atom is 0.170 e. The Kier molecular flexibility index (Phi) is 6.49. The Labute approximate surface area is 196 Å². The van der Waals surface area contributed by atoms with E-state index >= 15 is 0 Å². The van der Waals surface area contributed by atoms with Gasteiger partial charge in [-0.1, -0.05) is 18.9 Å². The van der Waals surface area contributed by atoms with Crippen LogP contribution in [-0.4, -0.2) is 63.9 Å². The predicted octanol–water partition coefficient (Wildman–Crippen LogP) is 3.92. The van der Waals surface area contributed by atoms with Crippen LogP contribution in [0, 0.1) is 13.8 Å². The molecule has 7 heteroatoms. The van der Waals surface area contributed by atoms with E-state index in [1.54, 1.807) is 0 Å². The van der Waals surface area contributed by atoms with Crippen molar-refractivity contribution in [3.8, 4) is 0 Å². The molecule has 2 aromatic rings. The first-order valence-corrected chi connectivity index (χ1v) is 12.5. The monoisotopic (exact) mass is 453 g/mol. The van der Waals surface area contributed by atoms with Crippen molar-refractivity contribution in [3.05, 3.63) is 53.1 Å². The molecule has 2 aliphatic heterocycles. The van der Waals surface area contributed by atoms with E-state index in [4.69, 9.17) is 21.9 Å². The van der Waals surface area contributed by atoms with Crippen LogP contribution in [0.15, 0.2) is 30.5 Å². The molecule has 172 valence electrons. The number of ether oxygens (including phenoxy) is 1. The van der Waals surface area contributed by atoms with Crippen molar-refractivity contribution in [2.45, 2.75) is 57.7 Å². The number of morpholine rings is 1. The second kappa shape index (κ2) is 9.49. The fraction of sp³-hybridized carbons (Fsp3) is 0.600. The molecule has 3 aliphatic rings. The fourth-order valence-corrected chi connectivity index (χ4v) is 6.22. The number of nitrogens with one attached hydrogen (secondary N) is 1. The van der Waals surface area contributed by atoms with Crippen molar-refractivity contribution in [1.29, 1.82) is 0 Å². The first-order valence-electron chi connectivity index (χ1n) is 12.1. The quantitative estimate of drug-likeness (QED) is 0.669. The second-order valence-electron chi connectivity index (χ2n) is 9.41. The highest BCUT2D eigenvalue weighted by Gasteiger charge is 2.41. The van der Waals surface area contributed by atoms with Gasteiger partial charge in [-0.15, -0.1) is 0 Å². The number of nitrogens with zero attached hydrogens (tertiary/aromatic N) is 4. The zero-order chi connectivity index (χ0) is 22.1. The van der Waals surface area contributed by atoms with Gasteiger partial charge in [0.15, 0.2) is 5.11 Å². The second-order valence-corrected chi connectivity index (χ2v) is 9.80. The molecule has 1 N–H and O–H groups in total. The van der Waals surface area contributed by atoms with Crippen molar-refractivity contribution in [2.75, 3.05) is 39.4 Å². The number of aromatic nitrogens is 2. The van der Waals surface area contributed by atoms with Gasteiger partial charge in [0.1, 0.15) is 0 Å². The summed E-state index contributed by atoms with van der Waals surface area (Å²) in [6.07, 6.45) is 7.15. The Morgan fingerprint density at radius 2 is 1.91 bits per heavy atom. The van der Waals surface area contributed by atoms with Gasteiger partial charge in [0, 0.05) is 49.8 Å². The lowest BCUT2D eigenvalue weighted by Gasteiger charge is -2.32. The molecule has 1 saturated carbocycles. The maximum atomic E-state index is 5.89. The molecule has 6 nitrogen and oxygen atoms in total. The van der Waals surface area contributed by atoms with Crippen molar-refractivity contribution in [2.24, 2.45) is 0 Å². The normalized spacial score (nSPS) is 24.9. The molecule has 2 atom stereocenters. The van der Waals surface area contributed by atoms with Crippen molar-refractivity contribution in [1.82, 2.24) is 24.7 Å². The summed E-state index contributed by atoms with van der Waals surface area (Å²) in [4.78, 5) is 9.60. The van der Waals surface area contributed by atoms with E-state index in [9.17, 15) is 0 Å². The van der Waals surface area contributed by atoms with Crippen LogP contribution < -0.4 is 5.32 Å². The van der Waals surface area contributed by atoms with Gasteiger partial charge in [0.05, 0.1) is 31.0 Å². The van der Waals surface area contributed by atoms with Crippen LogP contribution in [0.25, 0.3) is 0 Å². The van der Waals surface area contributed by atoms with Gasteiger partial charge in [0.2, 0.25) is 0 Å². The smallest absolute Gasteiger partial charge is 0.170 e. The summed E-state index contributed by atoms with van der Waals surface area (Å²) in [5, 5.41) is 4.46. The van der Waals surface area contributed by atoms with Gasteiger partial charge >= 0.3 is 0 Å². The summed E-state index contributed by atoms with van der Waals surface area (Å²) in [6, 6.07) is 9.43. The number of hydrogen-bond donors (Lipinski definition) is 1. The van der Waals surface area contributed by atoms with Gasteiger partial charge in [-0.3, -0.25) is 9.88 Å². The minimum atomic E-state index is 0.0610. The molecule has 3 fully saturated rings. The van der Waals surface area contributed by atoms with Crippen molar-refractivity contribution in [3.63, 3.8) is 0 Å². The Morgan fingerprint density at radius 1 is 1.12 bits per heavy atom. The number of rotatable bonds is 6. The average Bonchev–Trinajstić information content (AvgIpc) is 3.52. The minimum Gasteiger partial charge on any atom is -0.379 e. The Morgan fingerprint density at radius 3 is 2.62 bits per heavy atom. The van der Waals surface area contributed by atoms with Gasteiger partial charge in [-0.05, 0) is 62.7 Å². The summed E-state index contributed by atoms with van der Waals surface area (Å²) >= 11 is 5.89. The number of hydrogen-bond acceptors (Lipinski definition) is 4. The zero-order valence-electron chi connectivity index (χ0n) is 19.3. The molecule has 32 heavy (non-hydrogen) atoms. The van der Waals surface area contributed by atoms with E-state index < -0.39 is 0 Å². The lowest BCUT2D eigenvalue weighted by atomic mass is 9.96. The Bertz CT molecular complexity index is 933. The van der Waals surface area contributed by atoms with Crippen molar-refractivity contribution >= 4 is 17.3 Å². The molecule has 0 amide bonds. The molecule has 2 saturated heterocycles. The van der Waals surface area contributed by atoms with E-state index in [1.165, 1.54) is 42.6 Å². The first kappa shape index (κ1) is 21.9. The van der Waals surface area contributed by atoms with Crippen LogP contribution in [0.4, 0.5) is 0 Å². The Balaban J connectivity index is 1.48. The van der Waals surface area contributed by atoms with Gasteiger partial charge in [0.25, 0.3) is 0 Å². The van der Waals surface area contributed by atoms with Gasteiger partial charge < -0.3 is 19.5 Å². The third-order valence-corrected chi connectivity index (χ3v) is 7.84. The highest BCUT2D eigenvalue weighted by atomic mass is 32.1. The summed E-state index contributed by atoms with van der Waals surface area (Å²) in [6.45, 7) is 10.1. The maximum absolute atomic E-state index is 5.89. The number of pyridine rings is 1. The van der Waals surface area contributed by atoms with Crippen molar-refractivity contribution < 1.29 is 4.74 Å². The zero-order valence-corrected chi connectivity index (χ0v) is 20.1. The SMILES string of the molecule is Cc1cc(C2C(c3ccccn3)NC(=S)N2CCN2CCOCC2)c(C)n1C1CCCC1. The lowest BCUT2D eigenvalue weighted by Crippen LogP contribution is -2.42. The van der Waals surface area contributed by atoms with E-state index in [1.807, 2.05) is 12.3 Å². The lowest BCUT2D eigenvalue weighted by molar-refractivity contribution is 0.0350. The summed E-state index contributed by atoms with van der Waals surface area (Å²) in [5.41, 5.74) is 5.21. The first-order chi connectivity index (χ1) is 15.6. The molecule has 0 spiro atoms. The van der Waals surface area contributed by atoms with Crippen LogP contribution in [0.3, 0.4) is 0 Å². The molecule has 2 aromatic heterocycles. The predicted molar refractivity (Wildman–Crippen MR) is 131 cm³/mol. The third-order valence-electron chi connectivity index (χ3n) is 7.49. The standard InChI is InChI=1S/C25H35N5OS/c1-18-17-21(19(2)30(18)20-7-3-4-8-20)24-23(22-9-5-6-10-26-22)27-25(32)29(24)12-11-28-13-15-31-16-14-28/h5-6,9-10,17,20,23-24H,3-4,7-8,11-16H2,1-2H3,(H,27,32). The molecule has 2 unspecified atom stereocenters. The van der Waals surface area contributed by atoms with E-state index in [2.05, 4.69) is 51.7 Å². The molecular formula is C25H35N5OS. The van der Waals surface area contributed by atoms with Crippen LogP contribution in [0.5, 0.6) is 0 Å². The Hall–Kier alpha value is -1.96. The van der Waals surface area contributed by atoms with E-state index in [0.29, 0.717) is 6.04 Å². The minimum absolute atomic E-state index is 0.0610. The summed E-state index contributed by atoms with van der Waals surface area (Å²) in [5.74, 6) is 0. The van der Waals surface area contributed by atoms with Crippen LogP contribution >= 0.6 is 12.2 Å². The molecule has 0 radical (unpaired) electrons. The average molecular weight is 454 g/mol. The van der Waals surface area contributed by atoms with Gasteiger partial charge in [-0.25, -0.2) is 0 Å². The highest BCUT2D eigenvalue weighted by Crippen LogP contribution is 2.42. The summed E-state index contributed by atoms with van der Waals surface area (Å²) in [7, 11) is 0. The van der Waals surface area contributed by atoms with Crippen LogP contribution in [-0.2, 0) is 4.74 Å². The largest absolute Gasteiger partial charge is 0.379 e. The summed E-state index contributed by atoms with van der Waals surface area (Å²) < 4.78 is 8.13. The molecular weight excluding hydrogens is 418 g/mol. The van der Waals surface area contributed by atoms with E-state index in [0.717, 1.165) is 50.2 Å². The number of thiocarbonyl (C=S) groups is 1. The molecule has 1 aliphatic carbocycles. The van der Waals surface area contributed by atoms with Gasteiger partial charge in [-0.2, -0.15) is 0 Å². The topological polar surface area (TPSA) is 45.6 Å².